The minimum absolute atomic E-state index is 0.135. The van der Waals surface area contributed by atoms with Crippen molar-refractivity contribution in [2.45, 2.75) is 65.5 Å². The van der Waals surface area contributed by atoms with E-state index in [1.54, 1.807) is 0 Å². The van der Waals surface area contributed by atoms with E-state index in [1.807, 2.05) is 20.8 Å². The van der Waals surface area contributed by atoms with Crippen LogP contribution in [0.3, 0.4) is 0 Å². The standard InChI is InChI=1S/C17H32N2O2/c1-12(14-5-6-14)19-10-13(7-8-20)9-15(11-19)18-16(21)17(2,3)4/h12-15,20H,5-11H2,1-4H3,(H,18,21). The predicted molar refractivity (Wildman–Crippen MR) is 85.0 cm³/mol. The van der Waals surface area contributed by atoms with Crippen LogP contribution >= 0.6 is 0 Å². The lowest BCUT2D eigenvalue weighted by atomic mass is 9.88. The number of carbonyl (C=O) groups excluding carboxylic acids is 1. The van der Waals surface area contributed by atoms with Crippen LogP contribution in [0.15, 0.2) is 0 Å². The highest BCUT2D eigenvalue weighted by atomic mass is 16.3. The van der Waals surface area contributed by atoms with Gasteiger partial charge in [-0.2, -0.15) is 0 Å². The van der Waals surface area contributed by atoms with Gasteiger partial charge in [-0.05, 0) is 44.4 Å². The summed E-state index contributed by atoms with van der Waals surface area (Å²) < 4.78 is 0. The van der Waals surface area contributed by atoms with Gasteiger partial charge < -0.3 is 10.4 Å². The van der Waals surface area contributed by atoms with Crippen molar-refractivity contribution in [1.82, 2.24) is 10.2 Å². The molecule has 2 fully saturated rings. The summed E-state index contributed by atoms with van der Waals surface area (Å²) in [6.07, 6.45) is 4.54. The smallest absolute Gasteiger partial charge is 0.225 e. The number of nitrogens with zero attached hydrogens (tertiary/aromatic N) is 1. The third-order valence-electron chi connectivity index (χ3n) is 5.00. The van der Waals surface area contributed by atoms with Crippen LogP contribution in [0.2, 0.25) is 0 Å². The van der Waals surface area contributed by atoms with Gasteiger partial charge in [-0.3, -0.25) is 9.69 Å². The Morgan fingerprint density at radius 1 is 1.33 bits per heavy atom. The Morgan fingerprint density at radius 2 is 2.00 bits per heavy atom. The molecule has 1 heterocycles. The van der Waals surface area contributed by atoms with Crippen molar-refractivity contribution < 1.29 is 9.90 Å². The molecule has 2 N–H and O–H groups in total. The maximum atomic E-state index is 12.2. The molecule has 0 radical (unpaired) electrons. The van der Waals surface area contributed by atoms with Crippen LogP contribution in [-0.4, -0.2) is 47.7 Å². The summed E-state index contributed by atoms with van der Waals surface area (Å²) in [6, 6.07) is 0.837. The van der Waals surface area contributed by atoms with E-state index in [-0.39, 0.29) is 24.0 Å². The average molecular weight is 296 g/mol. The van der Waals surface area contributed by atoms with Gasteiger partial charge in [-0.25, -0.2) is 0 Å². The van der Waals surface area contributed by atoms with E-state index in [0.29, 0.717) is 12.0 Å². The number of hydrogen-bond acceptors (Lipinski definition) is 3. The molecule has 0 spiro atoms. The number of piperidine rings is 1. The number of aliphatic hydroxyl groups is 1. The third kappa shape index (κ3) is 4.68. The van der Waals surface area contributed by atoms with E-state index in [1.165, 1.54) is 12.8 Å². The Hall–Kier alpha value is -0.610. The summed E-state index contributed by atoms with van der Waals surface area (Å²) in [5.41, 5.74) is -0.336. The molecule has 0 aromatic rings. The molecule has 4 heteroatoms. The van der Waals surface area contributed by atoms with Crippen LogP contribution in [0.4, 0.5) is 0 Å². The zero-order valence-corrected chi connectivity index (χ0v) is 14.1. The highest BCUT2D eigenvalue weighted by Crippen LogP contribution is 2.37. The van der Waals surface area contributed by atoms with Gasteiger partial charge in [-0.15, -0.1) is 0 Å². The van der Waals surface area contributed by atoms with Gasteiger partial charge in [0.25, 0.3) is 0 Å². The highest BCUT2D eigenvalue weighted by molar-refractivity contribution is 5.81. The van der Waals surface area contributed by atoms with Crippen molar-refractivity contribution >= 4 is 5.91 Å². The minimum Gasteiger partial charge on any atom is -0.396 e. The quantitative estimate of drug-likeness (QED) is 0.816. The molecule has 122 valence electrons. The molecular weight excluding hydrogens is 264 g/mol. The normalized spacial score (nSPS) is 29.2. The molecule has 4 nitrogen and oxygen atoms in total. The molecular formula is C17H32N2O2. The van der Waals surface area contributed by atoms with Crippen molar-refractivity contribution in [3.8, 4) is 0 Å². The van der Waals surface area contributed by atoms with E-state index >= 15 is 0 Å². The van der Waals surface area contributed by atoms with Crippen LogP contribution in [0.1, 0.15) is 53.4 Å². The fourth-order valence-corrected chi connectivity index (χ4v) is 3.35. The Morgan fingerprint density at radius 3 is 2.52 bits per heavy atom. The Balaban J connectivity index is 1.97. The first-order valence-corrected chi connectivity index (χ1v) is 8.47. The first-order chi connectivity index (χ1) is 9.81. The summed E-state index contributed by atoms with van der Waals surface area (Å²) in [4.78, 5) is 14.8. The average Bonchev–Trinajstić information content (AvgIpc) is 3.21. The summed E-state index contributed by atoms with van der Waals surface area (Å²) in [5.74, 6) is 1.48. The van der Waals surface area contributed by atoms with Gasteiger partial charge >= 0.3 is 0 Å². The summed E-state index contributed by atoms with van der Waals surface area (Å²) in [7, 11) is 0. The second-order valence-corrected chi connectivity index (χ2v) is 8.07. The highest BCUT2D eigenvalue weighted by Gasteiger charge is 2.37. The fraction of sp³-hybridized carbons (Fsp3) is 0.941. The number of nitrogens with one attached hydrogen (secondary N) is 1. The third-order valence-corrected chi connectivity index (χ3v) is 5.00. The van der Waals surface area contributed by atoms with Crippen molar-refractivity contribution in [2.24, 2.45) is 17.3 Å². The molecule has 2 rings (SSSR count). The molecule has 1 amide bonds. The molecule has 0 aromatic heterocycles. The number of amides is 1. The van der Waals surface area contributed by atoms with Crippen molar-refractivity contribution in [1.29, 1.82) is 0 Å². The number of likely N-dealkylation sites (tertiary alicyclic amines) is 1. The molecule has 1 saturated carbocycles. The molecule has 1 aliphatic carbocycles. The van der Waals surface area contributed by atoms with Gasteiger partial charge in [0, 0.05) is 37.2 Å². The van der Waals surface area contributed by atoms with E-state index < -0.39 is 0 Å². The number of carbonyl (C=O) groups is 1. The van der Waals surface area contributed by atoms with Crippen LogP contribution in [-0.2, 0) is 4.79 Å². The lowest BCUT2D eigenvalue weighted by molar-refractivity contribution is -0.129. The van der Waals surface area contributed by atoms with E-state index in [2.05, 4.69) is 17.1 Å². The van der Waals surface area contributed by atoms with Gasteiger partial charge in [0.05, 0.1) is 0 Å². The zero-order chi connectivity index (χ0) is 15.6. The molecule has 3 atom stereocenters. The van der Waals surface area contributed by atoms with Gasteiger partial charge in [0.1, 0.15) is 0 Å². The lowest BCUT2D eigenvalue weighted by Crippen LogP contribution is -2.55. The maximum Gasteiger partial charge on any atom is 0.225 e. The zero-order valence-electron chi connectivity index (χ0n) is 14.1. The second-order valence-electron chi connectivity index (χ2n) is 8.07. The SMILES string of the molecule is CC(C1CC1)N1CC(CCO)CC(NC(=O)C(C)(C)C)C1. The minimum atomic E-state index is -0.336. The Kier molecular flexibility index (Phi) is 5.31. The largest absolute Gasteiger partial charge is 0.396 e. The van der Waals surface area contributed by atoms with Gasteiger partial charge in [0.2, 0.25) is 5.91 Å². The molecule has 0 bridgehead atoms. The first-order valence-electron chi connectivity index (χ1n) is 8.47. The van der Waals surface area contributed by atoms with Crippen molar-refractivity contribution in [3.05, 3.63) is 0 Å². The Bertz CT molecular complexity index is 360. The second kappa shape index (κ2) is 6.66. The predicted octanol–water partition coefficient (Wildman–Crippen LogP) is 2.02. The summed E-state index contributed by atoms with van der Waals surface area (Å²) in [6.45, 7) is 10.5. The maximum absolute atomic E-state index is 12.2. The summed E-state index contributed by atoms with van der Waals surface area (Å²) >= 11 is 0. The van der Waals surface area contributed by atoms with Crippen LogP contribution in [0.25, 0.3) is 0 Å². The van der Waals surface area contributed by atoms with Crippen LogP contribution in [0.5, 0.6) is 0 Å². The molecule has 21 heavy (non-hydrogen) atoms. The number of rotatable bonds is 5. The number of aliphatic hydroxyl groups excluding tert-OH is 1. The van der Waals surface area contributed by atoms with Crippen molar-refractivity contribution in [3.63, 3.8) is 0 Å². The molecule has 1 saturated heterocycles. The first kappa shape index (κ1) is 16.8. The molecule has 3 unspecified atom stereocenters. The van der Waals surface area contributed by atoms with Gasteiger partial charge in [0.15, 0.2) is 0 Å². The summed E-state index contributed by atoms with van der Waals surface area (Å²) in [5, 5.41) is 12.5. The van der Waals surface area contributed by atoms with Crippen LogP contribution < -0.4 is 5.32 Å². The van der Waals surface area contributed by atoms with E-state index in [9.17, 15) is 9.90 Å². The monoisotopic (exact) mass is 296 g/mol. The number of hydrogen-bond donors (Lipinski definition) is 2. The Labute approximate surface area is 129 Å². The van der Waals surface area contributed by atoms with E-state index in [4.69, 9.17) is 0 Å². The fourth-order valence-electron chi connectivity index (χ4n) is 3.35. The van der Waals surface area contributed by atoms with Gasteiger partial charge in [-0.1, -0.05) is 20.8 Å². The molecule has 1 aliphatic heterocycles. The molecule has 2 aliphatic rings. The molecule has 0 aromatic carbocycles. The topological polar surface area (TPSA) is 52.6 Å². The van der Waals surface area contributed by atoms with Crippen molar-refractivity contribution in [2.75, 3.05) is 19.7 Å². The lowest BCUT2D eigenvalue weighted by Gasteiger charge is -2.42. The van der Waals surface area contributed by atoms with Crippen LogP contribution in [0, 0.1) is 17.3 Å². The van der Waals surface area contributed by atoms with E-state index in [0.717, 1.165) is 31.8 Å².